The molecule has 1 N–H and O–H groups in total. The number of carbonyl (C=O) groups excluding carboxylic acids is 3. The maximum absolute atomic E-state index is 12.4. The summed E-state index contributed by atoms with van der Waals surface area (Å²) in [5.41, 5.74) is 1.29. The molecule has 0 fully saturated rings. The van der Waals surface area contributed by atoms with Crippen LogP contribution in [0.2, 0.25) is 0 Å². The summed E-state index contributed by atoms with van der Waals surface area (Å²) in [5.74, 6) is -1.76. The minimum Gasteiger partial charge on any atom is -0.462 e. The monoisotopic (exact) mass is 441 g/mol. The van der Waals surface area contributed by atoms with Gasteiger partial charge in [-0.2, -0.15) is 0 Å². The average molecular weight is 443 g/mol. The Hall–Kier alpha value is -1.02. The quantitative estimate of drug-likeness (QED) is 0.552. The van der Waals surface area contributed by atoms with Gasteiger partial charge in [0.05, 0.1) is 12.2 Å². The van der Waals surface area contributed by atoms with Crippen LogP contribution >= 0.6 is 46.1 Å². The summed E-state index contributed by atoms with van der Waals surface area (Å²) in [6.45, 7) is 3.45. The molecule has 1 heterocycles. The standard InChI is InChI=1S/C16H18Cl3NO5S/c1-3-24-14(22)12-9-5-4-8(2)6-10(9)26-13(12)20-11(21)7-25-15(23)16(17,18)19/h8H,3-7H2,1-2H3,(H,20,21). The van der Waals surface area contributed by atoms with Crippen LogP contribution in [0.25, 0.3) is 0 Å². The third-order valence-corrected chi connectivity index (χ3v) is 5.44. The van der Waals surface area contributed by atoms with Crippen molar-refractivity contribution in [1.82, 2.24) is 0 Å². The van der Waals surface area contributed by atoms with Crippen molar-refractivity contribution < 1.29 is 23.9 Å². The first-order valence-electron chi connectivity index (χ1n) is 7.98. The first-order valence-corrected chi connectivity index (χ1v) is 9.94. The molecule has 6 nitrogen and oxygen atoms in total. The molecule has 0 spiro atoms. The largest absolute Gasteiger partial charge is 0.462 e. The molecular formula is C16H18Cl3NO5S. The molecule has 0 bridgehead atoms. The van der Waals surface area contributed by atoms with Crippen LogP contribution in [0, 0.1) is 5.92 Å². The van der Waals surface area contributed by atoms with Crippen molar-refractivity contribution in [1.29, 1.82) is 0 Å². The van der Waals surface area contributed by atoms with Crippen LogP contribution < -0.4 is 5.32 Å². The number of hydrogen-bond donors (Lipinski definition) is 1. The molecule has 0 radical (unpaired) electrons. The van der Waals surface area contributed by atoms with Crippen molar-refractivity contribution in [3.05, 3.63) is 16.0 Å². The van der Waals surface area contributed by atoms with Gasteiger partial charge >= 0.3 is 11.9 Å². The van der Waals surface area contributed by atoms with Gasteiger partial charge in [0, 0.05) is 4.88 Å². The Labute approximate surface area is 170 Å². The summed E-state index contributed by atoms with van der Waals surface area (Å²) < 4.78 is 7.52. The Bertz CT molecular complexity index is 713. The Morgan fingerprint density at radius 2 is 1.96 bits per heavy atom. The number of thiophene rings is 1. The number of alkyl halides is 3. The van der Waals surface area contributed by atoms with Gasteiger partial charge in [-0.25, -0.2) is 9.59 Å². The molecule has 1 aromatic heterocycles. The lowest BCUT2D eigenvalue weighted by Crippen LogP contribution is -2.27. The van der Waals surface area contributed by atoms with E-state index in [2.05, 4.69) is 17.0 Å². The number of halogens is 3. The normalized spacial score (nSPS) is 16.6. The van der Waals surface area contributed by atoms with Gasteiger partial charge in [-0.05, 0) is 37.7 Å². The minimum absolute atomic E-state index is 0.230. The van der Waals surface area contributed by atoms with E-state index in [1.54, 1.807) is 6.92 Å². The van der Waals surface area contributed by atoms with Crippen molar-refractivity contribution in [2.45, 2.75) is 36.9 Å². The Morgan fingerprint density at radius 3 is 2.58 bits per heavy atom. The highest BCUT2D eigenvalue weighted by Crippen LogP contribution is 2.40. The minimum atomic E-state index is -2.26. The van der Waals surface area contributed by atoms with E-state index in [9.17, 15) is 14.4 Å². The summed E-state index contributed by atoms with van der Waals surface area (Å²) in [4.78, 5) is 36.9. The van der Waals surface area contributed by atoms with E-state index in [-0.39, 0.29) is 6.61 Å². The lowest BCUT2D eigenvalue weighted by atomic mass is 9.88. The van der Waals surface area contributed by atoms with Crippen LogP contribution in [0.1, 0.15) is 41.1 Å². The van der Waals surface area contributed by atoms with Crippen molar-refractivity contribution in [3.8, 4) is 0 Å². The fourth-order valence-electron chi connectivity index (χ4n) is 2.63. The molecule has 1 unspecified atom stereocenters. The first-order chi connectivity index (χ1) is 12.1. The van der Waals surface area contributed by atoms with Gasteiger partial charge in [-0.1, -0.05) is 41.7 Å². The van der Waals surface area contributed by atoms with E-state index in [0.717, 1.165) is 29.7 Å². The molecule has 0 aromatic carbocycles. The second kappa shape index (κ2) is 8.78. The highest BCUT2D eigenvalue weighted by atomic mass is 35.6. The molecule has 1 aliphatic rings. The maximum Gasteiger partial charge on any atom is 0.359 e. The molecule has 0 saturated heterocycles. The number of hydrogen-bond acceptors (Lipinski definition) is 6. The van der Waals surface area contributed by atoms with Crippen LogP contribution in [0.15, 0.2) is 0 Å². The van der Waals surface area contributed by atoms with E-state index in [1.807, 2.05) is 0 Å². The summed E-state index contributed by atoms with van der Waals surface area (Å²) in [7, 11) is 0. The number of anilines is 1. The van der Waals surface area contributed by atoms with Crippen LogP contribution in [0.4, 0.5) is 5.00 Å². The zero-order chi connectivity index (χ0) is 19.5. The second-order valence-electron chi connectivity index (χ2n) is 5.90. The summed E-state index contributed by atoms with van der Waals surface area (Å²) in [6, 6.07) is 0. The number of nitrogens with one attached hydrogen (secondary N) is 1. The summed E-state index contributed by atoms with van der Waals surface area (Å²) in [6.07, 6.45) is 2.55. The third-order valence-electron chi connectivity index (χ3n) is 3.81. The van der Waals surface area contributed by atoms with Gasteiger partial charge in [0.1, 0.15) is 5.00 Å². The summed E-state index contributed by atoms with van der Waals surface area (Å²) >= 11 is 17.5. The molecule has 1 amide bonds. The molecule has 1 aliphatic carbocycles. The van der Waals surface area contributed by atoms with Crippen LogP contribution in [-0.4, -0.2) is 34.9 Å². The smallest absolute Gasteiger partial charge is 0.359 e. The van der Waals surface area contributed by atoms with E-state index in [4.69, 9.17) is 39.5 Å². The molecule has 10 heteroatoms. The number of amides is 1. The zero-order valence-electron chi connectivity index (χ0n) is 14.2. The zero-order valence-corrected chi connectivity index (χ0v) is 17.3. The Morgan fingerprint density at radius 1 is 1.27 bits per heavy atom. The van der Waals surface area contributed by atoms with Gasteiger partial charge in [0.15, 0.2) is 6.61 Å². The van der Waals surface area contributed by atoms with E-state index in [0.29, 0.717) is 16.5 Å². The third kappa shape index (κ3) is 5.25. The number of rotatable bonds is 5. The molecule has 2 rings (SSSR count). The van der Waals surface area contributed by atoms with Crippen LogP contribution in [-0.2, 0) is 31.9 Å². The average Bonchev–Trinajstić information content (AvgIpc) is 2.88. The first kappa shape index (κ1) is 21.3. The van der Waals surface area contributed by atoms with Gasteiger partial charge in [-0.3, -0.25) is 4.79 Å². The second-order valence-corrected chi connectivity index (χ2v) is 9.28. The molecule has 1 atom stereocenters. The highest BCUT2D eigenvalue weighted by Gasteiger charge is 2.33. The van der Waals surface area contributed by atoms with E-state index >= 15 is 0 Å². The summed E-state index contributed by atoms with van der Waals surface area (Å²) in [5, 5.41) is 2.99. The molecule has 0 saturated carbocycles. The predicted octanol–water partition coefficient (Wildman–Crippen LogP) is 3.90. The number of esters is 2. The molecule has 26 heavy (non-hydrogen) atoms. The van der Waals surface area contributed by atoms with Gasteiger partial charge in [-0.15, -0.1) is 11.3 Å². The SMILES string of the molecule is CCOC(=O)c1c(NC(=O)COC(=O)C(Cl)(Cl)Cl)sc2c1CCC(C)C2. The fraction of sp³-hybridized carbons (Fsp3) is 0.562. The maximum atomic E-state index is 12.4. The Kier molecular flexibility index (Phi) is 7.19. The van der Waals surface area contributed by atoms with E-state index in [1.165, 1.54) is 11.3 Å². The van der Waals surface area contributed by atoms with Crippen molar-refractivity contribution >= 4 is 69.0 Å². The van der Waals surface area contributed by atoms with Crippen molar-refractivity contribution in [2.75, 3.05) is 18.5 Å². The predicted molar refractivity (Wildman–Crippen MR) is 101 cm³/mol. The van der Waals surface area contributed by atoms with Gasteiger partial charge in [0.2, 0.25) is 0 Å². The van der Waals surface area contributed by atoms with Crippen molar-refractivity contribution in [3.63, 3.8) is 0 Å². The van der Waals surface area contributed by atoms with Gasteiger partial charge < -0.3 is 14.8 Å². The topological polar surface area (TPSA) is 81.7 Å². The number of ether oxygens (including phenoxy) is 2. The molecular weight excluding hydrogens is 425 g/mol. The Balaban J connectivity index is 2.16. The lowest BCUT2D eigenvalue weighted by molar-refractivity contribution is -0.146. The van der Waals surface area contributed by atoms with Crippen LogP contribution in [0.5, 0.6) is 0 Å². The van der Waals surface area contributed by atoms with E-state index < -0.39 is 28.2 Å². The van der Waals surface area contributed by atoms with Crippen LogP contribution in [0.3, 0.4) is 0 Å². The molecule has 0 aliphatic heterocycles. The molecule has 144 valence electrons. The number of carbonyl (C=O) groups is 3. The number of fused-ring (bicyclic) bond motifs is 1. The molecule has 1 aromatic rings. The fourth-order valence-corrected chi connectivity index (χ4v) is 4.21. The van der Waals surface area contributed by atoms with Gasteiger partial charge in [0.25, 0.3) is 9.70 Å². The lowest BCUT2D eigenvalue weighted by Gasteiger charge is -2.18. The van der Waals surface area contributed by atoms with Crippen molar-refractivity contribution in [2.24, 2.45) is 5.92 Å². The highest BCUT2D eigenvalue weighted by molar-refractivity contribution is 7.17.